The molecule has 1 heterocycles. The lowest BCUT2D eigenvalue weighted by Gasteiger charge is -2.08. The standard InChI is InChI=1S/C27H27N3O2/c1-32-23-17-15-22(16-18-23)27(31)28-19-7-14-26-29-24-12-5-6-13-25(24)30(26)20-8-11-21-9-3-2-4-10-21/h2-6,8-13,15-18H,7,14,19-20H2,1H3,(H,28,31)/b11-8+. The number of fused-ring (bicyclic) bond motifs is 1. The Balaban J connectivity index is 1.38. The van der Waals surface area contributed by atoms with Gasteiger partial charge in [0, 0.05) is 25.1 Å². The van der Waals surface area contributed by atoms with Crippen molar-refractivity contribution in [2.45, 2.75) is 19.4 Å². The average Bonchev–Trinajstić information content (AvgIpc) is 3.20. The molecule has 0 radical (unpaired) electrons. The lowest BCUT2D eigenvalue weighted by atomic mass is 10.2. The predicted molar refractivity (Wildman–Crippen MR) is 129 cm³/mol. The van der Waals surface area contributed by atoms with Gasteiger partial charge in [0.25, 0.3) is 5.91 Å². The minimum Gasteiger partial charge on any atom is -0.497 e. The van der Waals surface area contributed by atoms with Crippen LogP contribution in [0.4, 0.5) is 0 Å². The van der Waals surface area contributed by atoms with Crippen LogP contribution in [0.15, 0.2) is 84.9 Å². The Kier molecular flexibility index (Phi) is 6.98. The summed E-state index contributed by atoms with van der Waals surface area (Å²) in [6.07, 6.45) is 5.90. The second kappa shape index (κ2) is 10.4. The Morgan fingerprint density at radius 2 is 1.75 bits per heavy atom. The largest absolute Gasteiger partial charge is 0.497 e. The predicted octanol–water partition coefficient (Wildman–Crippen LogP) is 5.12. The zero-order chi connectivity index (χ0) is 22.2. The lowest BCUT2D eigenvalue weighted by molar-refractivity contribution is 0.0953. The smallest absolute Gasteiger partial charge is 0.251 e. The molecule has 0 fully saturated rings. The van der Waals surface area contributed by atoms with Gasteiger partial charge in [-0.15, -0.1) is 0 Å². The van der Waals surface area contributed by atoms with Crippen LogP contribution in [0, 0.1) is 0 Å². The fourth-order valence-electron chi connectivity index (χ4n) is 3.67. The number of aryl methyl sites for hydroxylation is 1. The van der Waals surface area contributed by atoms with Gasteiger partial charge in [-0.05, 0) is 48.4 Å². The van der Waals surface area contributed by atoms with E-state index in [2.05, 4.69) is 40.2 Å². The first-order valence-electron chi connectivity index (χ1n) is 10.8. The van der Waals surface area contributed by atoms with Crippen molar-refractivity contribution in [2.75, 3.05) is 13.7 Å². The van der Waals surface area contributed by atoms with Gasteiger partial charge in [-0.2, -0.15) is 0 Å². The molecule has 1 aromatic heterocycles. The topological polar surface area (TPSA) is 56.1 Å². The zero-order valence-corrected chi connectivity index (χ0v) is 18.2. The molecule has 5 nitrogen and oxygen atoms in total. The molecule has 0 saturated carbocycles. The van der Waals surface area contributed by atoms with Gasteiger partial charge in [0.2, 0.25) is 0 Å². The van der Waals surface area contributed by atoms with E-state index in [0.29, 0.717) is 12.1 Å². The third-order valence-corrected chi connectivity index (χ3v) is 5.35. The highest BCUT2D eigenvalue weighted by atomic mass is 16.5. The van der Waals surface area contributed by atoms with E-state index in [0.717, 1.165) is 42.0 Å². The molecular weight excluding hydrogens is 398 g/mol. The van der Waals surface area contributed by atoms with E-state index in [9.17, 15) is 4.79 Å². The van der Waals surface area contributed by atoms with Crippen molar-refractivity contribution in [1.82, 2.24) is 14.9 Å². The summed E-state index contributed by atoms with van der Waals surface area (Å²) >= 11 is 0. The molecule has 0 aliphatic heterocycles. The Hall–Kier alpha value is -3.86. The van der Waals surface area contributed by atoms with Gasteiger partial charge in [-0.1, -0.05) is 54.6 Å². The number of carbonyl (C=O) groups is 1. The summed E-state index contributed by atoms with van der Waals surface area (Å²) in [4.78, 5) is 17.2. The number of nitrogens with zero attached hydrogens (tertiary/aromatic N) is 2. The molecule has 4 aromatic rings. The van der Waals surface area contributed by atoms with Gasteiger partial charge >= 0.3 is 0 Å². The molecule has 32 heavy (non-hydrogen) atoms. The van der Waals surface area contributed by atoms with Crippen molar-refractivity contribution >= 4 is 23.0 Å². The minimum atomic E-state index is -0.0769. The van der Waals surface area contributed by atoms with E-state index in [1.807, 2.05) is 36.4 Å². The maximum atomic E-state index is 12.4. The first kappa shape index (κ1) is 21.4. The van der Waals surface area contributed by atoms with Crippen LogP contribution in [-0.4, -0.2) is 29.1 Å². The first-order valence-corrected chi connectivity index (χ1v) is 10.8. The first-order chi connectivity index (χ1) is 15.7. The molecule has 0 spiro atoms. The summed E-state index contributed by atoms with van der Waals surface area (Å²) in [6.45, 7) is 1.34. The normalized spacial score (nSPS) is 11.2. The van der Waals surface area contributed by atoms with E-state index >= 15 is 0 Å². The Labute approximate surface area is 188 Å². The van der Waals surface area contributed by atoms with Gasteiger partial charge in [0.05, 0.1) is 18.1 Å². The van der Waals surface area contributed by atoms with Crippen LogP contribution in [0.3, 0.4) is 0 Å². The summed E-state index contributed by atoms with van der Waals surface area (Å²) < 4.78 is 7.39. The summed E-state index contributed by atoms with van der Waals surface area (Å²) in [7, 11) is 1.61. The quantitative estimate of drug-likeness (QED) is 0.379. The van der Waals surface area contributed by atoms with E-state index in [-0.39, 0.29) is 5.91 Å². The number of hydrogen-bond acceptors (Lipinski definition) is 3. The number of amides is 1. The molecule has 1 amide bonds. The molecule has 3 aromatic carbocycles. The van der Waals surface area contributed by atoms with Crippen LogP contribution in [-0.2, 0) is 13.0 Å². The number of hydrogen-bond donors (Lipinski definition) is 1. The number of nitrogens with one attached hydrogen (secondary N) is 1. The maximum Gasteiger partial charge on any atom is 0.251 e. The third kappa shape index (κ3) is 5.24. The number of carbonyl (C=O) groups excluding carboxylic acids is 1. The van der Waals surface area contributed by atoms with Crippen LogP contribution in [0.25, 0.3) is 17.1 Å². The fraction of sp³-hybridized carbons (Fsp3) is 0.185. The molecule has 0 bridgehead atoms. The van der Waals surface area contributed by atoms with Gasteiger partial charge in [-0.25, -0.2) is 4.98 Å². The number of aromatic nitrogens is 2. The number of imidazole rings is 1. The molecule has 0 unspecified atom stereocenters. The average molecular weight is 426 g/mol. The van der Waals surface area contributed by atoms with E-state index in [1.54, 1.807) is 31.4 Å². The molecule has 5 heteroatoms. The monoisotopic (exact) mass is 425 g/mol. The van der Waals surface area contributed by atoms with E-state index in [4.69, 9.17) is 9.72 Å². The molecule has 162 valence electrons. The summed E-state index contributed by atoms with van der Waals surface area (Å²) in [5.74, 6) is 1.69. The number of para-hydroxylation sites is 2. The molecule has 1 N–H and O–H groups in total. The van der Waals surface area contributed by atoms with Gasteiger partial charge in [0.1, 0.15) is 11.6 Å². The summed E-state index contributed by atoms with van der Waals surface area (Å²) in [6, 6.07) is 25.6. The Morgan fingerprint density at radius 1 is 1.00 bits per heavy atom. The number of ether oxygens (including phenoxy) is 1. The molecular formula is C27H27N3O2. The van der Waals surface area contributed by atoms with Crippen LogP contribution < -0.4 is 10.1 Å². The number of allylic oxidation sites excluding steroid dienone is 1. The van der Waals surface area contributed by atoms with Crippen molar-refractivity contribution < 1.29 is 9.53 Å². The molecule has 0 atom stereocenters. The number of benzene rings is 3. The molecule has 0 aliphatic rings. The lowest BCUT2D eigenvalue weighted by Crippen LogP contribution is -2.25. The fourth-order valence-corrected chi connectivity index (χ4v) is 3.67. The van der Waals surface area contributed by atoms with Gasteiger partial charge < -0.3 is 14.6 Å². The van der Waals surface area contributed by atoms with Crippen molar-refractivity contribution in [1.29, 1.82) is 0 Å². The maximum absolute atomic E-state index is 12.4. The molecule has 0 aliphatic carbocycles. The van der Waals surface area contributed by atoms with Crippen molar-refractivity contribution in [2.24, 2.45) is 0 Å². The SMILES string of the molecule is COc1ccc(C(=O)NCCCc2nc3ccccc3n2C/C=C/c2ccccc2)cc1. The number of methoxy groups -OCH3 is 1. The minimum absolute atomic E-state index is 0.0769. The van der Waals surface area contributed by atoms with Crippen molar-refractivity contribution in [3.8, 4) is 5.75 Å². The van der Waals surface area contributed by atoms with Crippen LogP contribution >= 0.6 is 0 Å². The summed E-state index contributed by atoms with van der Waals surface area (Å²) in [5.41, 5.74) is 3.93. The van der Waals surface area contributed by atoms with E-state index in [1.165, 1.54) is 5.56 Å². The zero-order valence-electron chi connectivity index (χ0n) is 18.2. The molecule has 0 saturated heterocycles. The highest BCUT2D eigenvalue weighted by Crippen LogP contribution is 2.18. The Bertz CT molecular complexity index is 1190. The second-order valence-electron chi connectivity index (χ2n) is 7.53. The van der Waals surface area contributed by atoms with Gasteiger partial charge in [0.15, 0.2) is 0 Å². The Morgan fingerprint density at radius 3 is 2.53 bits per heavy atom. The second-order valence-corrected chi connectivity index (χ2v) is 7.53. The number of rotatable bonds is 9. The van der Waals surface area contributed by atoms with Gasteiger partial charge in [-0.3, -0.25) is 4.79 Å². The third-order valence-electron chi connectivity index (χ3n) is 5.35. The van der Waals surface area contributed by atoms with E-state index < -0.39 is 0 Å². The van der Waals surface area contributed by atoms with Crippen molar-refractivity contribution in [3.63, 3.8) is 0 Å². The highest BCUT2D eigenvalue weighted by molar-refractivity contribution is 5.94. The van der Waals surface area contributed by atoms with Crippen LogP contribution in [0.5, 0.6) is 5.75 Å². The van der Waals surface area contributed by atoms with Crippen LogP contribution in [0.2, 0.25) is 0 Å². The molecule has 4 rings (SSSR count). The van der Waals surface area contributed by atoms with Crippen molar-refractivity contribution in [3.05, 3.63) is 102 Å². The summed E-state index contributed by atoms with van der Waals surface area (Å²) in [5, 5.41) is 2.99. The highest BCUT2D eigenvalue weighted by Gasteiger charge is 2.10. The van der Waals surface area contributed by atoms with Crippen LogP contribution in [0.1, 0.15) is 28.2 Å².